The van der Waals surface area contributed by atoms with Crippen LogP contribution >= 0.6 is 0 Å². The molecule has 0 bridgehead atoms. The summed E-state index contributed by atoms with van der Waals surface area (Å²) in [6.07, 6.45) is -0.632. The van der Waals surface area contributed by atoms with Crippen LogP contribution in [0.15, 0.2) is 71.9 Å². The highest BCUT2D eigenvalue weighted by Crippen LogP contribution is 2.35. The van der Waals surface area contributed by atoms with Gasteiger partial charge in [-0.15, -0.1) is 0 Å². The molecule has 0 spiro atoms. The average molecular weight is 629 g/mol. The second-order valence-corrected chi connectivity index (χ2v) is 12.7. The number of carbonyl (C=O) groups excluding carboxylic acids is 1. The SMILES string of the molecule is Cc1cnccc1-c1cccc(C(CCCCNC(=O)NCCS(=O)(=O)O)NS(=O)(=O)c2ccccc2C(F)(F)F)c1. The van der Waals surface area contributed by atoms with Gasteiger partial charge in [0.25, 0.3) is 10.1 Å². The molecule has 4 N–H and O–H groups in total. The van der Waals surface area contributed by atoms with E-state index in [0.29, 0.717) is 24.5 Å². The number of halogens is 3. The summed E-state index contributed by atoms with van der Waals surface area (Å²) in [7, 11) is -8.83. The lowest BCUT2D eigenvalue weighted by Gasteiger charge is -2.22. The quantitative estimate of drug-likeness (QED) is 0.161. The molecule has 15 heteroatoms. The van der Waals surface area contributed by atoms with Gasteiger partial charge in [0, 0.05) is 31.5 Å². The van der Waals surface area contributed by atoms with Crippen LogP contribution in [0.4, 0.5) is 18.0 Å². The van der Waals surface area contributed by atoms with E-state index in [2.05, 4.69) is 20.3 Å². The molecule has 2 aromatic carbocycles. The standard InChI is InChI=1S/C27H31F3N4O6S2/c1-19-18-31-14-12-22(19)20-7-6-8-21(17-20)24(10-4-5-13-32-26(35)33-15-16-41(36,37)38)34-42(39,40)25-11-3-2-9-23(25)27(28,29)30/h2-3,6-9,11-12,14,17-18,24,34H,4-5,10,13,15-16H2,1H3,(H2,32,33,35)(H,36,37,38). The molecule has 2 amide bonds. The first-order chi connectivity index (χ1) is 19.7. The summed E-state index contributed by atoms with van der Waals surface area (Å²) < 4.78 is 100. The second kappa shape index (κ2) is 14.1. The van der Waals surface area contributed by atoms with Crippen molar-refractivity contribution in [3.05, 3.63) is 83.7 Å². The van der Waals surface area contributed by atoms with Crippen LogP contribution in [0.2, 0.25) is 0 Å². The number of urea groups is 1. The first-order valence-corrected chi connectivity index (χ1v) is 15.9. The number of aryl methyl sites for hydroxylation is 1. The molecular formula is C27H31F3N4O6S2. The fraction of sp³-hybridized carbons (Fsp3) is 0.333. The molecule has 1 atom stereocenters. The van der Waals surface area contributed by atoms with Gasteiger partial charge in [-0.05, 0) is 72.7 Å². The highest BCUT2D eigenvalue weighted by Gasteiger charge is 2.37. The van der Waals surface area contributed by atoms with E-state index in [1.54, 1.807) is 36.7 Å². The number of sulfonamides is 1. The van der Waals surface area contributed by atoms with Gasteiger partial charge in [0.1, 0.15) is 0 Å². The summed E-state index contributed by atoms with van der Waals surface area (Å²) in [4.78, 5) is 15.0. The largest absolute Gasteiger partial charge is 0.417 e. The van der Waals surface area contributed by atoms with E-state index in [0.717, 1.165) is 28.8 Å². The molecule has 1 heterocycles. The van der Waals surface area contributed by atoms with E-state index >= 15 is 0 Å². The molecule has 0 saturated carbocycles. The zero-order chi connectivity index (χ0) is 31.0. The van der Waals surface area contributed by atoms with E-state index < -0.39 is 54.6 Å². The number of carbonyl (C=O) groups is 1. The normalized spacial score (nSPS) is 13.0. The Bertz CT molecular complexity index is 1600. The Balaban J connectivity index is 1.79. The molecule has 0 saturated heterocycles. The Hall–Kier alpha value is -3.53. The van der Waals surface area contributed by atoms with Gasteiger partial charge in [-0.2, -0.15) is 21.6 Å². The van der Waals surface area contributed by atoms with Crippen molar-refractivity contribution in [3.63, 3.8) is 0 Å². The minimum atomic E-state index is -4.88. The van der Waals surface area contributed by atoms with Gasteiger partial charge in [0.05, 0.1) is 16.2 Å². The van der Waals surface area contributed by atoms with Gasteiger partial charge in [0.2, 0.25) is 10.0 Å². The van der Waals surface area contributed by atoms with Gasteiger partial charge < -0.3 is 10.6 Å². The van der Waals surface area contributed by atoms with E-state index in [1.807, 2.05) is 13.0 Å². The molecule has 10 nitrogen and oxygen atoms in total. The summed E-state index contributed by atoms with van der Waals surface area (Å²) in [5.74, 6) is -0.641. The number of unbranched alkanes of at least 4 members (excludes halogenated alkanes) is 1. The summed E-state index contributed by atoms with van der Waals surface area (Å²) in [6.45, 7) is 1.74. The van der Waals surface area contributed by atoms with Crippen molar-refractivity contribution in [3.8, 4) is 11.1 Å². The summed E-state index contributed by atoms with van der Waals surface area (Å²) >= 11 is 0. The Morgan fingerprint density at radius 3 is 2.38 bits per heavy atom. The monoisotopic (exact) mass is 628 g/mol. The smallest absolute Gasteiger partial charge is 0.338 e. The van der Waals surface area contributed by atoms with Gasteiger partial charge in [-0.25, -0.2) is 17.9 Å². The van der Waals surface area contributed by atoms with Crippen molar-refractivity contribution >= 4 is 26.2 Å². The molecule has 228 valence electrons. The summed E-state index contributed by atoms with van der Waals surface area (Å²) in [5.41, 5.74) is 1.77. The molecule has 0 aliphatic carbocycles. The number of hydrogen-bond donors (Lipinski definition) is 4. The van der Waals surface area contributed by atoms with Crippen molar-refractivity contribution in [2.45, 2.75) is 43.3 Å². The number of hydrogen-bond acceptors (Lipinski definition) is 6. The highest BCUT2D eigenvalue weighted by molar-refractivity contribution is 7.89. The predicted molar refractivity (Wildman–Crippen MR) is 151 cm³/mol. The predicted octanol–water partition coefficient (Wildman–Crippen LogP) is 4.45. The maximum atomic E-state index is 13.6. The number of rotatable bonds is 13. The van der Waals surface area contributed by atoms with Crippen molar-refractivity contribution < 1.29 is 39.4 Å². The van der Waals surface area contributed by atoms with E-state index in [4.69, 9.17) is 4.55 Å². The lowest BCUT2D eigenvalue weighted by molar-refractivity contribution is -0.139. The van der Waals surface area contributed by atoms with Crippen molar-refractivity contribution in [2.75, 3.05) is 18.8 Å². The molecule has 1 aromatic heterocycles. The van der Waals surface area contributed by atoms with Crippen LogP contribution in [0.25, 0.3) is 11.1 Å². The van der Waals surface area contributed by atoms with Crippen molar-refractivity contribution in [2.24, 2.45) is 0 Å². The van der Waals surface area contributed by atoms with Gasteiger partial charge in [0.15, 0.2) is 0 Å². The van der Waals surface area contributed by atoms with Gasteiger partial charge >= 0.3 is 12.2 Å². The van der Waals surface area contributed by atoms with Crippen LogP contribution in [0.3, 0.4) is 0 Å². The van der Waals surface area contributed by atoms with Crippen molar-refractivity contribution in [1.29, 1.82) is 0 Å². The molecule has 42 heavy (non-hydrogen) atoms. The fourth-order valence-electron chi connectivity index (χ4n) is 4.23. The molecule has 0 radical (unpaired) electrons. The minimum Gasteiger partial charge on any atom is -0.338 e. The number of pyridine rings is 1. The third-order valence-corrected chi connectivity index (χ3v) is 8.50. The van der Waals surface area contributed by atoms with Crippen LogP contribution in [0.5, 0.6) is 0 Å². The fourth-order valence-corrected chi connectivity index (χ4v) is 6.08. The van der Waals surface area contributed by atoms with Gasteiger partial charge in [-0.1, -0.05) is 30.3 Å². The zero-order valence-electron chi connectivity index (χ0n) is 22.6. The number of aromatic nitrogens is 1. The Morgan fingerprint density at radius 1 is 0.976 bits per heavy atom. The molecule has 0 fully saturated rings. The van der Waals surface area contributed by atoms with E-state index in [-0.39, 0.29) is 19.5 Å². The van der Waals surface area contributed by atoms with Gasteiger partial charge in [-0.3, -0.25) is 9.54 Å². The lowest BCUT2D eigenvalue weighted by Crippen LogP contribution is -2.38. The zero-order valence-corrected chi connectivity index (χ0v) is 24.2. The molecule has 0 aliphatic rings. The Labute approximate surface area is 242 Å². The molecule has 1 unspecified atom stereocenters. The second-order valence-electron chi connectivity index (χ2n) is 9.45. The van der Waals surface area contributed by atoms with Crippen molar-refractivity contribution in [1.82, 2.24) is 20.3 Å². The van der Waals surface area contributed by atoms with Crippen LogP contribution in [-0.2, 0) is 26.3 Å². The van der Waals surface area contributed by atoms with Crippen LogP contribution < -0.4 is 15.4 Å². The van der Waals surface area contributed by atoms with Crippen LogP contribution in [0.1, 0.15) is 42.0 Å². The van der Waals surface area contributed by atoms with E-state index in [9.17, 15) is 34.8 Å². The molecule has 3 rings (SSSR count). The third-order valence-electron chi connectivity index (χ3n) is 6.25. The van der Waals surface area contributed by atoms with Crippen LogP contribution in [0, 0.1) is 6.92 Å². The number of benzene rings is 2. The number of alkyl halides is 3. The summed E-state index contributed by atoms with van der Waals surface area (Å²) in [5, 5.41) is 4.80. The topological polar surface area (TPSA) is 155 Å². The molecule has 0 aliphatic heterocycles. The number of nitrogens with zero attached hydrogens (tertiary/aromatic N) is 1. The summed E-state index contributed by atoms with van der Waals surface area (Å²) in [6, 6.07) is 11.2. The lowest BCUT2D eigenvalue weighted by atomic mass is 9.96. The average Bonchev–Trinajstić information content (AvgIpc) is 2.91. The Kier molecular flexibility index (Phi) is 11.1. The minimum absolute atomic E-state index is 0.157. The molecule has 3 aromatic rings. The maximum absolute atomic E-state index is 13.6. The van der Waals surface area contributed by atoms with Crippen LogP contribution in [-0.4, -0.2) is 51.2 Å². The third kappa shape index (κ3) is 9.79. The highest BCUT2D eigenvalue weighted by atomic mass is 32.2. The first-order valence-electron chi connectivity index (χ1n) is 12.8. The van der Waals surface area contributed by atoms with E-state index in [1.165, 1.54) is 6.07 Å². The first kappa shape index (κ1) is 33.0. The Morgan fingerprint density at radius 2 is 1.69 bits per heavy atom. The molecular weight excluding hydrogens is 597 g/mol. The number of nitrogens with one attached hydrogen (secondary N) is 3. The number of amides is 2. The maximum Gasteiger partial charge on any atom is 0.417 e.